The van der Waals surface area contributed by atoms with Crippen LogP contribution in [0.2, 0.25) is 0 Å². The van der Waals surface area contributed by atoms with E-state index in [1.165, 1.54) is 0 Å². The molecule has 1 saturated carbocycles. The number of hydrogen-bond acceptors (Lipinski definition) is 3. The van der Waals surface area contributed by atoms with E-state index in [0.29, 0.717) is 12.3 Å². The summed E-state index contributed by atoms with van der Waals surface area (Å²) in [5.74, 6) is 0.805. The van der Waals surface area contributed by atoms with Crippen molar-refractivity contribution in [1.29, 1.82) is 0 Å². The second-order valence-corrected chi connectivity index (χ2v) is 6.36. The van der Waals surface area contributed by atoms with Gasteiger partial charge in [-0.3, -0.25) is 9.59 Å². The summed E-state index contributed by atoms with van der Waals surface area (Å²) in [6.07, 6.45) is 2.58. The number of rotatable bonds is 3. The predicted molar refractivity (Wildman–Crippen MR) is 85.4 cm³/mol. The molecule has 1 aliphatic heterocycles. The van der Waals surface area contributed by atoms with E-state index in [-0.39, 0.29) is 23.7 Å². The van der Waals surface area contributed by atoms with Gasteiger partial charge in [-0.1, -0.05) is 26.0 Å². The molecule has 1 aromatic rings. The molecule has 2 aliphatic rings. The van der Waals surface area contributed by atoms with E-state index in [1.807, 2.05) is 31.2 Å². The summed E-state index contributed by atoms with van der Waals surface area (Å²) in [6.45, 7) is 4.11. The van der Waals surface area contributed by atoms with Crippen molar-refractivity contribution < 1.29 is 9.59 Å². The van der Waals surface area contributed by atoms with Crippen molar-refractivity contribution in [3.63, 3.8) is 0 Å². The molecule has 5 nitrogen and oxygen atoms in total. The van der Waals surface area contributed by atoms with E-state index in [2.05, 4.69) is 22.8 Å². The summed E-state index contributed by atoms with van der Waals surface area (Å²) in [6, 6.07) is 7.66. The molecule has 1 aromatic carbocycles. The number of nitrogens with one attached hydrogen (secondary N) is 2. The highest BCUT2D eigenvalue weighted by molar-refractivity contribution is 6.06. The maximum Gasteiger partial charge on any atom is 0.240 e. The minimum absolute atomic E-state index is 0.0465. The van der Waals surface area contributed by atoms with Crippen LogP contribution in [0.1, 0.15) is 38.7 Å². The molecule has 0 radical (unpaired) electrons. The Morgan fingerprint density at radius 2 is 1.95 bits per heavy atom. The van der Waals surface area contributed by atoms with Crippen LogP contribution in [0.3, 0.4) is 0 Å². The lowest BCUT2D eigenvalue weighted by molar-refractivity contribution is -0.124. The molecule has 2 amide bonds. The normalized spacial score (nSPS) is 27.5. The Hall–Kier alpha value is -2.17. The summed E-state index contributed by atoms with van der Waals surface area (Å²) in [4.78, 5) is 23.4. The first-order valence-electron chi connectivity index (χ1n) is 7.82. The lowest BCUT2D eigenvalue weighted by Crippen LogP contribution is -2.35. The summed E-state index contributed by atoms with van der Waals surface area (Å²) >= 11 is 0. The lowest BCUT2D eigenvalue weighted by Gasteiger charge is -2.32. The highest BCUT2D eigenvalue weighted by atomic mass is 16.2. The highest BCUT2D eigenvalue weighted by Crippen LogP contribution is 2.34. The number of benzene rings is 1. The maximum absolute atomic E-state index is 12.1. The summed E-state index contributed by atoms with van der Waals surface area (Å²) in [5.41, 5.74) is 5.18. The van der Waals surface area contributed by atoms with E-state index < -0.39 is 0 Å². The van der Waals surface area contributed by atoms with Crippen molar-refractivity contribution in [2.24, 2.45) is 22.9 Å². The van der Waals surface area contributed by atoms with Gasteiger partial charge in [-0.15, -0.1) is 0 Å². The molecule has 22 heavy (non-hydrogen) atoms. The van der Waals surface area contributed by atoms with Crippen molar-refractivity contribution in [3.05, 3.63) is 29.8 Å². The smallest absolute Gasteiger partial charge is 0.240 e. The minimum Gasteiger partial charge on any atom is -0.326 e. The van der Waals surface area contributed by atoms with Gasteiger partial charge in [0, 0.05) is 23.9 Å². The van der Waals surface area contributed by atoms with Gasteiger partial charge in [0.2, 0.25) is 11.8 Å². The van der Waals surface area contributed by atoms with Gasteiger partial charge < -0.3 is 5.32 Å². The third-order valence-electron chi connectivity index (χ3n) is 4.66. The van der Waals surface area contributed by atoms with E-state index >= 15 is 0 Å². The predicted octanol–water partition coefficient (Wildman–Crippen LogP) is 2.53. The summed E-state index contributed by atoms with van der Waals surface area (Å²) < 4.78 is 0. The molecule has 2 N–H and O–H groups in total. The second-order valence-electron chi connectivity index (χ2n) is 6.36. The van der Waals surface area contributed by atoms with Crippen molar-refractivity contribution >= 4 is 23.2 Å². The molecule has 1 fully saturated rings. The monoisotopic (exact) mass is 299 g/mol. The van der Waals surface area contributed by atoms with E-state index in [9.17, 15) is 9.59 Å². The van der Waals surface area contributed by atoms with Crippen LogP contribution in [0, 0.1) is 17.8 Å². The fourth-order valence-corrected chi connectivity index (χ4v) is 3.02. The molecule has 3 atom stereocenters. The molecular weight excluding hydrogens is 278 g/mol. The van der Waals surface area contributed by atoms with Gasteiger partial charge in [0.25, 0.3) is 0 Å². The zero-order chi connectivity index (χ0) is 15.7. The average molecular weight is 299 g/mol. The molecule has 0 saturated heterocycles. The van der Waals surface area contributed by atoms with Crippen molar-refractivity contribution in [1.82, 2.24) is 5.43 Å². The van der Waals surface area contributed by atoms with Crippen molar-refractivity contribution in [3.8, 4) is 0 Å². The van der Waals surface area contributed by atoms with Crippen molar-refractivity contribution in [2.45, 2.75) is 33.1 Å². The maximum atomic E-state index is 12.1. The number of amides is 2. The third-order valence-corrected chi connectivity index (χ3v) is 4.66. The van der Waals surface area contributed by atoms with Gasteiger partial charge in [0.1, 0.15) is 0 Å². The van der Waals surface area contributed by atoms with Gasteiger partial charge >= 0.3 is 0 Å². The fraction of sp³-hybridized carbons (Fsp3) is 0.471. The largest absolute Gasteiger partial charge is 0.326 e. The SMILES string of the molecule is CC1CC(=O)NN=C1c1ccc(NC(=O)[C@@H]2CC[C@H]2C)cc1. The van der Waals surface area contributed by atoms with Crippen LogP contribution in [-0.4, -0.2) is 17.5 Å². The average Bonchev–Trinajstić information content (AvgIpc) is 2.47. The molecule has 1 heterocycles. The van der Waals surface area contributed by atoms with Gasteiger partial charge in [-0.2, -0.15) is 5.10 Å². The van der Waals surface area contributed by atoms with Crippen molar-refractivity contribution in [2.75, 3.05) is 5.32 Å². The van der Waals surface area contributed by atoms with Crippen LogP contribution in [0.5, 0.6) is 0 Å². The number of carbonyl (C=O) groups is 2. The molecule has 3 rings (SSSR count). The Kier molecular flexibility index (Phi) is 3.96. The number of hydrazone groups is 1. The van der Waals surface area contributed by atoms with Crippen LogP contribution >= 0.6 is 0 Å². The first-order chi connectivity index (χ1) is 10.5. The Morgan fingerprint density at radius 3 is 2.50 bits per heavy atom. The van der Waals surface area contributed by atoms with Gasteiger partial charge in [0.15, 0.2) is 0 Å². The van der Waals surface area contributed by atoms with Gasteiger partial charge in [-0.05, 0) is 36.5 Å². The number of carbonyl (C=O) groups excluding carboxylic acids is 2. The minimum atomic E-state index is -0.0465. The molecular formula is C17H21N3O2. The molecule has 0 bridgehead atoms. The van der Waals surface area contributed by atoms with Crippen LogP contribution in [0.4, 0.5) is 5.69 Å². The molecule has 0 aromatic heterocycles. The molecule has 1 aliphatic carbocycles. The van der Waals surface area contributed by atoms with E-state index in [1.54, 1.807) is 0 Å². The van der Waals surface area contributed by atoms with Crippen LogP contribution < -0.4 is 10.7 Å². The van der Waals surface area contributed by atoms with E-state index in [0.717, 1.165) is 29.8 Å². The Labute approximate surface area is 130 Å². The second kappa shape index (κ2) is 5.91. The lowest BCUT2D eigenvalue weighted by atomic mass is 9.74. The highest BCUT2D eigenvalue weighted by Gasteiger charge is 2.32. The molecule has 0 spiro atoms. The topological polar surface area (TPSA) is 70.6 Å². The zero-order valence-electron chi connectivity index (χ0n) is 12.9. The molecule has 116 valence electrons. The molecule has 1 unspecified atom stereocenters. The number of nitrogens with zero attached hydrogens (tertiary/aromatic N) is 1. The molecule has 5 heteroatoms. The van der Waals surface area contributed by atoms with Crippen LogP contribution in [0.25, 0.3) is 0 Å². The van der Waals surface area contributed by atoms with Gasteiger partial charge in [0.05, 0.1) is 5.71 Å². The first kappa shape index (κ1) is 14.8. The number of hydrogen-bond donors (Lipinski definition) is 2. The Balaban J connectivity index is 1.68. The van der Waals surface area contributed by atoms with Crippen LogP contribution in [0.15, 0.2) is 29.4 Å². The quantitative estimate of drug-likeness (QED) is 0.900. The van der Waals surface area contributed by atoms with Crippen LogP contribution in [-0.2, 0) is 9.59 Å². The first-order valence-corrected chi connectivity index (χ1v) is 7.82. The zero-order valence-corrected chi connectivity index (χ0v) is 12.9. The van der Waals surface area contributed by atoms with E-state index in [4.69, 9.17) is 0 Å². The summed E-state index contributed by atoms with van der Waals surface area (Å²) in [5, 5.41) is 7.12. The standard InChI is InChI=1S/C17H21N3O2/c1-10-3-8-14(10)17(22)18-13-6-4-12(5-7-13)16-11(2)9-15(21)19-20-16/h4-7,10-11,14H,3,8-9H2,1-2H3,(H,18,22)(H,19,21)/t10-,11?,14-/m1/s1. The summed E-state index contributed by atoms with van der Waals surface area (Å²) in [7, 11) is 0. The fourth-order valence-electron chi connectivity index (χ4n) is 3.02. The Bertz CT molecular complexity index is 621. The Morgan fingerprint density at radius 1 is 1.23 bits per heavy atom. The third kappa shape index (κ3) is 2.89. The van der Waals surface area contributed by atoms with Gasteiger partial charge in [-0.25, -0.2) is 5.43 Å². The number of anilines is 1.